The third-order valence-electron chi connectivity index (χ3n) is 6.04. The number of carboxylic acid groups (broad SMARTS) is 3. The summed E-state index contributed by atoms with van der Waals surface area (Å²) in [6.45, 7) is 6.38. The molecule has 33 heavy (non-hydrogen) atoms. The topological polar surface area (TPSA) is 112 Å². The van der Waals surface area contributed by atoms with Crippen LogP contribution in [0, 0.1) is 0 Å². The number of carbonyl (C=O) groups is 3. The molecule has 2 aromatic rings. The van der Waals surface area contributed by atoms with Crippen molar-refractivity contribution in [3.63, 3.8) is 0 Å². The minimum atomic E-state index is -1.56. The Morgan fingerprint density at radius 2 is 1.12 bits per heavy atom. The van der Waals surface area contributed by atoms with Crippen molar-refractivity contribution < 1.29 is 29.7 Å². The molecule has 6 nitrogen and oxygen atoms in total. The fourth-order valence-corrected chi connectivity index (χ4v) is 4.35. The lowest BCUT2D eigenvalue weighted by molar-refractivity contribution is 0.0633. The molecule has 0 radical (unpaired) electrons. The van der Waals surface area contributed by atoms with Crippen molar-refractivity contribution in [1.82, 2.24) is 0 Å². The number of aromatic carboxylic acids is 3. The molecule has 0 bridgehead atoms. The molecule has 0 heterocycles. The van der Waals surface area contributed by atoms with Gasteiger partial charge < -0.3 is 15.3 Å². The molecule has 0 aromatic heterocycles. The number of hydrogen-bond acceptors (Lipinski definition) is 3. The number of carboxylic acids is 3. The smallest absolute Gasteiger partial charge is 0.337 e. The van der Waals surface area contributed by atoms with Gasteiger partial charge in [-0.15, -0.1) is 0 Å². The fourth-order valence-electron chi connectivity index (χ4n) is 4.35. The Morgan fingerprint density at radius 1 is 0.606 bits per heavy atom. The summed E-state index contributed by atoms with van der Waals surface area (Å²) in [5.74, 6) is -4.48. The Labute approximate surface area is 195 Å². The van der Waals surface area contributed by atoms with Crippen molar-refractivity contribution in [2.24, 2.45) is 0 Å². The highest BCUT2D eigenvalue weighted by Crippen LogP contribution is 2.36. The lowest BCUT2D eigenvalue weighted by Gasteiger charge is -2.21. The van der Waals surface area contributed by atoms with Gasteiger partial charge in [-0.1, -0.05) is 58.2 Å². The fraction of sp³-hybridized carbons (Fsp3) is 0.444. The van der Waals surface area contributed by atoms with E-state index in [-0.39, 0.29) is 5.56 Å². The molecule has 0 aliphatic carbocycles. The second-order valence-corrected chi connectivity index (χ2v) is 8.37. The van der Waals surface area contributed by atoms with Crippen LogP contribution in [0.25, 0.3) is 11.1 Å². The number of aryl methyl sites for hydroxylation is 1. The van der Waals surface area contributed by atoms with Gasteiger partial charge in [0.05, 0.1) is 16.7 Å². The van der Waals surface area contributed by atoms with Gasteiger partial charge in [0.25, 0.3) is 0 Å². The minimum absolute atomic E-state index is 0.260. The molecule has 0 atom stereocenters. The standard InChI is InChI=1S/C27H34O6/c1-4-7-10-17-13-14-20(19(12-9-6-3)18(17)11-8-5-2)21-15-16-22(25(28)29)24(27(32)33)23(21)26(30)31/h13-16H,4-12H2,1-3H3,(H,28,29)(H,30,31)(H,32,33). The van der Waals surface area contributed by atoms with Crippen molar-refractivity contribution in [3.05, 3.63) is 57.6 Å². The second kappa shape index (κ2) is 12.2. The molecule has 2 rings (SSSR count). The first-order chi connectivity index (χ1) is 15.8. The highest BCUT2D eigenvalue weighted by molar-refractivity contribution is 6.12. The monoisotopic (exact) mass is 454 g/mol. The van der Waals surface area contributed by atoms with E-state index in [2.05, 4.69) is 20.8 Å². The molecule has 0 saturated carbocycles. The maximum Gasteiger partial charge on any atom is 0.337 e. The van der Waals surface area contributed by atoms with Crippen LogP contribution in [0.1, 0.15) is 107 Å². The van der Waals surface area contributed by atoms with Gasteiger partial charge in [0.2, 0.25) is 0 Å². The van der Waals surface area contributed by atoms with Gasteiger partial charge in [0, 0.05) is 0 Å². The van der Waals surface area contributed by atoms with Crippen LogP contribution in [0.2, 0.25) is 0 Å². The number of hydrogen-bond donors (Lipinski definition) is 3. The first-order valence-corrected chi connectivity index (χ1v) is 11.8. The molecule has 0 amide bonds. The van der Waals surface area contributed by atoms with Gasteiger partial charge in [-0.2, -0.15) is 0 Å². The average molecular weight is 455 g/mol. The van der Waals surface area contributed by atoms with E-state index >= 15 is 0 Å². The molecule has 0 unspecified atom stereocenters. The maximum absolute atomic E-state index is 12.2. The first-order valence-electron chi connectivity index (χ1n) is 11.8. The van der Waals surface area contributed by atoms with Crippen molar-refractivity contribution in [2.45, 2.75) is 78.6 Å². The summed E-state index contributed by atoms with van der Waals surface area (Å²) < 4.78 is 0. The summed E-state index contributed by atoms with van der Waals surface area (Å²) in [6.07, 6.45) is 8.63. The normalized spacial score (nSPS) is 10.9. The predicted molar refractivity (Wildman–Crippen MR) is 129 cm³/mol. The van der Waals surface area contributed by atoms with Gasteiger partial charge in [0.1, 0.15) is 0 Å². The van der Waals surface area contributed by atoms with Crippen molar-refractivity contribution in [3.8, 4) is 11.1 Å². The van der Waals surface area contributed by atoms with Gasteiger partial charge in [-0.05, 0) is 72.4 Å². The lowest BCUT2D eigenvalue weighted by atomic mass is 9.83. The maximum atomic E-state index is 12.2. The van der Waals surface area contributed by atoms with Crippen molar-refractivity contribution in [1.29, 1.82) is 0 Å². The van der Waals surface area contributed by atoms with Gasteiger partial charge in [0.15, 0.2) is 0 Å². The van der Waals surface area contributed by atoms with E-state index in [9.17, 15) is 29.7 Å². The molecule has 2 aromatic carbocycles. The van der Waals surface area contributed by atoms with Crippen LogP contribution in [-0.2, 0) is 19.3 Å². The summed E-state index contributed by atoms with van der Waals surface area (Å²) in [7, 11) is 0. The van der Waals surface area contributed by atoms with E-state index < -0.39 is 34.6 Å². The molecule has 178 valence electrons. The Hall–Kier alpha value is -3.15. The Kier molecular flexibility index (Phi) is 9.64. The zero-order chi connectivity index (χ0) is 24.5. The molecule has 3 N–H and O–H groups in total. The SMILES string of the molecule is CCCCc1ccc(-c2ccc(C(=O)O)c(C(=O)O)c2C(=O)O)c(CCCC)c1CCCC. The van der Waals surface area contributed by atoms with Crippen molar-refractivity contribution in [2.75, 3.05) is 0 Å². The van der Waals surface area contributed by atoms with Crippen molar-refractivity contribution >= 4 is 17.9 Å². The minimum Gasteiger partial charge on any atom is -0.478 e. The summed E-state index contributed by atoms with van der Waals surface area (Å²) >= 11 is 0. The van der Waals surface area contributed by atoms with Crippen LogP contribution in [0.15, 0.2) is 24.3 Å². The number of unbranched alkanes of at least 4 members (excludes halogenated alkanes) is 3. The van der Waals surface area contributed by atoms with Gasteiger partial charge in [-0.3, -0.25) is 0 Å². The van der Waals surface area contributed by atoms with Gasteiger partial charge in [-0.25, -0.2) is 14.4 Å². The van der Waals surface area contributed by atoms with E-state index in [4.69, 9.17) is 0 Å². The van der Waals surface area contributed by atoms with Crippen LogP contribution in [-0.4, -0.2) is 33.2 Å². The molecular formula is C27H34O6. The van der Waals surface area contributed by atoms with E-state index in [0.29, 0.717) is 5.56 Å². The van der Waals surface area contributed by atoms with Crippen LogP contribution in [0.3, 0.4) is 0 Å². The molecule has 0 fully saturated rings. The number of benzene rings is 2. The molecule has 0 spiro atoms. The van der Waals surface area contributed by atoms with Gasteiger partial charge >= 0.3 is 17.9 Å². The Bertz CT molecular complexity index is 1020. The first kappa shape index (κ1) is 26.1. The second-order valence-electron chi connectivity index (χ2n) is 8.37. The third-order valence-corrected chi connectivity index (χ3v) is 6.04. The third kappa shape index (κ3) is 6.01. The quantitative estimate of drug-likeness (QED) is 0.319. The summed E-state index contributed by atoms with van der Waals surface area (Å²) in [5, 5.41) is 29.1. The van der Waals surface area contributed by atoms with Crippen LogP contribution < -0.4 is 0 Å². The summed E-state index contributed by atoms with van der Waals surface area (Å²) in [6, 6.07) is 6.56. The van der Waals surface area contributed by atoms with Crippen LogP contribution in [0.4, 0.5) is 0 Å². The van der Waals surface area contributed by atoms with E-state index in [1.807, 2.05) is 12.1 Å². The molecule has 0 aliphatic heterocycles. The molecular weight excluding hydrogens is 420 g/mol. The molecule has 0 saturated heterocycles. The molecule has 0 aliphatic rings. The van der Waals surface area contributed by atoms with E-state index in [0.717, 1.165) is 63.4 Å². The van der Waals surface area contributed by atoms with Crippen LogP contribution in [0.5, 0.6) is 0 Å². The van der Waals surface area contributed by atoms with E-state index in [1.165, 1.54) is 23.3 Å². The zero-order valence-corrected chi connectivity index (χ0v) is 19.7. The summed E-state index contributed by atoms with van der Waals surface area (Å²) in [4.78, 5) is 35.8. The largest absolute Gasteiger partial charge is 0.478 e. The Morgan fingerprint density at radius 3 is 1.64 bits per heavy atom. The van der Waals surface area contributed by atoms with E-state index in [1.54, 1.807) is 0 Å². The van der Waals surface area contributed by atoms with Crippen LogP contribution >= 0.6 is 0 Å². The highest BCUT2D eigenvalue weighted by atomic mass is 16.4. The average Bonchev–Trinajstić information content (AvgIpc) is 2.78. The predicted octanol–water partition coefficient (Wildman–Crippen LogP) is 6.48. The molecule has 6 heteroatoms. The zero-order valence-electron chi connectivity index (χ0n) is 19.7. The highest BCUT2D eigenvalue weighted by Gasteiger charge is 2.29. The number of rotatable bonds is 13. The summed E-state index contributed by atoms with van der Waals surface area (Å²) in [5.41, 5.74) is 2.82. The Balaban J connectivity index is 2.89. The lowest BCUT2D eigenvalue weighted by Crippen LogP contribution is -2.16.